The molecule has 242 valence electrons. The highest BCUT2D eigenvalue weighted by Gasteiger charge is 2.37. The molecule has 46 heavy (non-hydrogen) atoms. The Hall–Kier alpha value is -4.07. The molecule has 0 N–H and O–H groups in total. The molecule has 1 fully saturated rings. The minimum absolute atomic E-state index is 0.0436. The number of halogens is 1. The summed E-state index contributed by atoms with van der Waals surface area (Å²) in [6.45, 7) is 10.5. The fourth-order valence-corrected chi connectivity index (χ4v) is 6.46. The Morgan fingerprint density at radius 2 is 1.54 bits per heavy atom. The lowest BCUT2D eigenvalue weighted by Crippen LogP contribution is -2.45. The fourth-order valence-electron chi connectivity index (χ4n) is 6.46. The highest BCUT2D eigenvalue weighted by Crippen LogP contribution is 2.43. The first-order valence-corrected chi connectivity index (χ1v) is 16.2. The van der Waals surface area contributed by atoms with Gasteiger partial charge in [-0.15, -0.1) is 0 Å². The topological polar surface area (TPSA) is 66.8 Å². The number of aromatic nitrogens is 1. The lowest BCUT2D eigenvalue weighted by atomic mass is 9.95. The van der Waals surface area contributed by atoms with Gasteiger partial charge < -0.3 is 18.8 Å². The van der Waals surface area contributed by atoms with Crippen LogP contribution in [-0.4, -0.2) is 34.3 Å². The molecule has 2 heterocycles. The van der Waals surface area contributed by atoms with E-state index in [1.165, 1.54) is 12.1 Å². The van der Waals surface area contributed by atoms with Crippen LogP contribution in [0.2, 0.25) is 0 Å². The van der Waals surface area contributed by atoms with Crippen molar-refractivity contribution in [2.24, 2.45) is 0 Å². The van der Waals surface area contributed by atoms with Crippen LogP contribution in [-0.2, 0) is 32.2 Å². The number of carbonyl (C=O) groups excluding carboxylic acids is 2. The summed E-state index contributed by atoms with van der Waals surface area (Å²) in [5.41, 5.74) is 5.51. The average molecular weight is 626 g/mol. The highest BCUT2D eigenvalue weighted by molar-refractivity contribution is 6.04. The largest absolute Gasteiger partial charge is 0.457 e. The van der Waals surface area contributed by atoms with Gasteiger partial charge in [-0.2, -0.15) is 0 Å². The van der Waals surface area contributed by atoms with Gasteiger partial charge >= 0.3 is 5.97 Å². The van der Waals surface area contributed by atoms with Crippen molar-refractivity contribution >= 4 is 11.8 Å². The van der Waals surface area contributed by atoms with Crippen LogP contribution in [0.3, 0.4) is 0 Å². The van der Waals surface area contributed by atoms with E-state index in [9.17, 15) is 14.0 Å². The minimum Gasteiger partial charge on any atom is -0.457 e. The molecular formula is C39H44FNO5. The first kappa shape index (κ1) is 33.3. The summed E-state index contributed by atoms with van der Waals surface area (Å²) in [6.07, 6.45) is 1.65. The van der Waals surface area contributed by atoms with Crippen LogP contribution in [0.5, 0.6) is 0 Å². The zero-order valence-electron chi connectivity index (χ0n) is 27.4. The third-order valence-corrected chi connectivity index (χ3v) is 8.40. The van der Waals surface area contributed by atoms with Crippen LogP contribution in [0.25, 0.3) is 22.4 Å². The molecule has 0 bridgehead atoms. The maximum absolute atomic E-state index is 14.2. The number of Topliss-reactive ketones (excluding diaryl/α,β-unsaturated/α-hetero) is 1. The zero-order chi connectivity index (χ0) is 32.8. The molecule has 6 nitrogen and oxygen atoms in total. The normalized spacial score (nSPS) is 17.6. The van der Waals surface area contributed by atoms with E-state index in [1.54, 1.807) is 12.1 Å². The Balaban J connectivity index is 1.61. The quantitative estimate of drug-likeness (QED) is 0.147. The van der Waals surface area contributed by atoms with Crippen molar-refractivity contribution in [1.29, 1.82) is 0 Å². The van der Waals surface area contributed by atoms with Crippen LogP contribution in [0, 0.1) is 5.82 Å². The minimum atomic E-state index is -0.833. The van der Waals surface area contributed by atoms with Gasteiger partial charge in [0.15, 0.2) is 5.79 Å². The average Bonchev–Trinajstić information content (AvgIpc) is 3.38. The second-order valence-electron chi connectivity index (χ2n) is 12.7. The molecule has 5 rings (SSSR count). The standard InChI is InChI=1S/C39H44FNO5/c1-6-31(42)23-33-24-32(45-39(4,5)46-33)21-22-41-36(26(2)3)35(38(43)44-25-27-13-9-7-10-14-27)34(28-15-11-8-12-16-28)37(41)29-17-19-30(40)20-18-29/h7-20,26,32-33H,6,21-25H2,1-5H3. The molecule has 0 radical (unpaired) electrons. The van der Waals surface area contributed by atoms with Crippen LogP contribution in [0.1, 0.15) is 87.8 Å². The molecule has 0 aliphatic carbocycles. The van der Waals surface area contributed by atoms with Crippen molar-refractivity contribution in [2.45, 2.75) is 97.4 Å². The number of hydrogen-bond donors (Lipinski definition) is 0. The molecular weight excluding hydrogens is 581 g/mol. The number of carbonyl (C=O) groups is 2. The van der Waals surface area contributed by atoms with Crippen molar-refractivity contribution in [2.75, 3.05) is 0 Å². The molecule has 0 spiro atoms. The summed E-state index contributed by atoms with van der Waals surface area (Å²) in [4.78, 5) is 26.5. The predicted octanol–water partition coefficient (Wildman–Crippen LogP) is 9.11. The molecule has 4 aromatic rings. The lowest BCUT2D eigenvalue weighted by Gasteiger charge is -2.41. The summed E-state index contributed by atoms with van der Waals surface area (Å²) < 4.78 is 34.9. The van der Waals surface area contributed by atoms with E-state index < -0.39 is 11.8 Å². The molecule has 7 heteroatoms. The number of hydrogen-bond acceptors (Lipinski definition) is 5. The first-order chi connectivity index (χ1) is 22.1. The molecule has 0 saturated carbocycles. The number of benzene rings is 3. The molecule has 1 saturated heterocycles. The van der Waals surface area contributed by atoms with Crippen molar-refractivity contribution in [3.05, 3.63) is 108 Å². The first-order valence-electron chi connectivity index (χ1n) is 16.2. The molecule has 0 amide bonds. The van der Waals surface area contributed by atoms with Crippen molar-refractivity contribution < 1.29 is 28.2 Å². The second-order valence-corrected chi connectivity index (χ2v) is 12.7. The molecule has 2 atom stereocenters. The molecule has 1 aliphatic rings. The Morgan fingerprint density at radius 3 is 2.17 bits per heavy atom. The maximum Gasteiger partial charge on any atom is 0.340 e. The number of rotatable bonds is 12. The molecule has 3 aromatic carbocycles. The Labute approximate surface area is 271 Å². The van der Waals surface area contributed by atoms with Crippen LogP contribution in [0.4, 0.5) is 4.39 Å². The van der Waals surface area contributed by atoms with Gasteiger partial charge in [0.05, 0.1) is 23.5 Å². The molecule has 2 unspecified atom stereocenters. The van der Waals surface area contributed by atoms with E-state index >= 15 is 0 Å². The predicted molar refractivity (Wildman–Crippen MR) is 178 cm³/mol. The zero-order valence-corrected chi connectivity index (χ0v) is 27.4. The highest BCUT2D eigenvalue weighted by atomic mass is 19.1. The van der Waals surface area contributed by atoms with E-state index in [4.69, 9.17) is 14.2 Å². The Kier molecular flexibility index (Phi) is 10.5. The molecule has 1 aliphatic heterocycles. The van der Waals surface area contributed by atoms with Gasteiger partial charge in [-0.1, -0.05) is 81.4 Å². The van der Waals surface area contributed by atoms with Gasteiger partial charge in [-0.05, 0) is 67.1 Å². The monoisotopic (exact) mass is 625 g/mol. The Morgan fingerprint density at radius 1 is 0.913 bits per heavy atom. The molecule has 1 aromatic heterocycles. The van der Waals surface area contributed by atoms with Gasteiger partial charge in [-0.3, -0.25) is 4.79 Å². The number of nitrogens with zero attached hydrogens (tertiary/aromatic N) is 1. The van der Waals surface area contributed by atoms with E-state index in [-0.39, 0.29) is 36.3 Å². The summed E-state index contributed by atoms with van der Waals surface area (Å²) in [7, 11) is 0. The smallest absolute Gasteiger partial charge is 0.340 e. The third-order valence-electron chi connectivity index (χ3n) is 8.40. The van der Waals surface area contributed by atoms with Crippen LogP contribution >= 0.6 is 0 Å². The summed E-state index contributed by atoms with van der Waals surface area (Å²) in [5.74, 6) is -1.45. The van der Waals surface area contributed by atoms with Gasteiger partial charge in [-0.25, -0.2) is 9.18 Å². The van der Waals surface area contributed by atoms with Gasteiger partial charge in [0, 0.05) is 37.1 Å². The van der Waals surface area contributed by atoms with E-state index in [0.29, 0.717) is 37.8 Å². The fraction of sp³-hybridized carbons (Fsp3) is 0.385. The van der Waals surface area contributed by atoms with Crippen molar-refractivity contribution in [3.8, 4) is 22.4 Å². The second kappa shape index (κ2) is 14.6. The van der Waals surface area contributed by atoms with E-state index in [1.807, 2.05) is 81.4 Å². The summed E-state index contributed by atoms with van der Waals surface area (Å²) in [5, 5.41) is 0. The van der Waals surface area contributed by atoms with Crippen molar-refractivity contribution in [3.63, 3.8) is 0 Å². The van der Waals surface area contributed by atoms with Crippen molar-refractivity contribution in [1.82, 2.24) is 4.57 Å². The van der Waals surface area contributed by atoms with Gasteiger partial charge in [0.1, 0.15) is 18.2 Å². The van der Waals surface area contributed by atoms with E-state index in [0.717, 1.165) is 33.6 Å². The number of esters is 1. The van der Waals surface area contributed by atoms with Gasteiger partial charge in [0.25, 0.3) is 0 Å². The van der Waals surface area contributed by atoms with Crippen LogP contribution in [0.15, 0.2) is 84.9 Å². The summed E-state index contributed by atoms with van der Waals surface area (Å²) in [6, 6.07) is 25.9. The Bertz CT molecular complexity index is 1630. The third kappa shape index (κ3) is 7.83. The SMILES string of the molecule is CCC(=O)CC1CC(CCn2c(-c3ccc(F)cc3)c(-c3ccccc3)c(C(=O)OCc3ccccc3)c2C(C)C)OC(C)(C)O1. The lowest BCUT2D eigenvalue weighted by molar-refractivity contribution is -0.300. The maximum atomic E-state index is 14.2. The number of ether oxygens (including phenoxy) is 3. The number of ketones is 1. The van der Waals surface area contributed by atoms with Gasteiger partial charge in [0.2, 0.25) is 0 Å². The van der Waals surface area contributed by atoms with Crippen LogP contribution < -0.4 is 0 Å². The van der Waals surface area contributed by atoms with E-state index in [2.05, 4.69) is 18.4 Å². The summed E-state index contributed by atoms with van der Waals surface area (Å²) >= 11 is 0.